The van der Waals surface area contributed by atoms with E-state index in [2.05, 4.69) is 50.3 Å². The molecule has 2 nitrogen and oxygen atoms in total. The van der Waals surface area contributed by atoms with Gasteiger partial charge in [-0.15, -0.1) is 9.36 Å². The first-order chi connectivity index (χ1) is 11.9. The number of hydrogen-bond acceptors (Lipinski definition) is 0. The standard InChI is InChI=1S/C22H30FN2/c1-6-21(4)19-17(23)13-12-15-10-9-11-16-14-24(5)25(20(16)18(15)19)22(21,7-2)8-3/h12-14H,6-11H2,1-5H3/q+1. The fraction of sp³-hybridized carbons (Fsp3) is 0.591. The monoisotopic (exact) mass is 341 g/mol. The molecule has 0 spiro atoms. The van der Waals surface area contributed by atoms with Crippen LogP contribution in [0.25, 0.3) is 11.3 Å². The van der Waals surface area contributed by atoms with E-state index in [-0.39, 0.29) is 16.8 Å². The summed E-state index contributed by atoms with van der Waals surface area (Å²) >= 11 is 0. The van der Waals surface area contributed by atoms with E-state index in [9.17, 15) is 0 Å². The van der Waals surface area contributed by atoms with Crippen molar-refractivity contribution in [3.05, 3.63) is 40.8 Å². The van der Waals surface area contributed by atoms with Crippen LogP contribution in [0.4, 0.5) is 4.39 Å². The highest BCUT2D eigenvalue weighted by Crippen LogP contribution is 2.57. The minimum Gasteiger partial charge on any atom is -0.207 e. The predicted molar refractivity (Wildman–Crippen MR) is 99.2 cm³/mol. The van der Waals surface area contributed by atoms with Crippen LogP contribution in [0, 0.1) is 5.82 Å². The number of benzene rings is 1. The molecule has 0 bridgehead atoms. The lowest BCUT2D eigenvalue weighted by Crippen LogP contribution is -2.61. The average molecular weight is 341 g/mol. The highest BCUT2D eigenvalue weighted by Gasteiger charge is 2.57. The first kappa shape index (κ1) is 16.8. The number of aromatic nitrogens is 2. The molecule has 2 aliphatic rings. The molecule has 0 radical (unpaired) electrons. The lowest BCUT2D eigenvalue weighted by Gasteiger charge is -2.51. The topological polar surface area (TPSA) is 8.81 Å². The molecule has 1 aromatic heterocycles. The number of hydrogen-bond donors (Lipinski definition) is 0. The van der Waals surface area contributed by atoms with Crippen LogP contribution in [0.5, 0.6) is 0 Å². The van der Waals surface area contributed by atoms with Gasteiger partial charge < -0.3 is 0 Å². The number of aryl methyl sites for hydroxylation is 3. The Morgan fingerprint density at radius 1 is 1.08 bits per heavy atom. The van der Waals surface area contributed by atoms with Crippen LogP contribution in [-0.4, -0.2) is 4.68 Å². The predicted octanol–water partition coefficient (Wildman–Crippen LogP) is 4.80. The third kappa shape index (κ3) is 1.82. The van der Waals surface area contributed by atoms with Crippen molar-refractivity contribution in [3.63, 3.8) is 0 Å². The van der Waals surface area contributed by atoms with Crippen molar-refractivity contribution in [1.29, 1.82) is 0 Å². The van der Waals surface area contributed by atoms with Gasteiger partial charge in [0.25, 0.3) is 0 Å². The average Bonchev–Trinajstić information content (AvgIpc) is 2.83. The highest BCUT2D eigenvalue weighted by atomic mass is 19.1. The van der Waals surface area contributed by atoms with Gasteiger partial charge in [0.05, 0.1) is 0 Å². The Labute approximate surface area is 150 Å². The van der Waals surface area contributed by atoms with Crippen LogP contribution in [-0.2, 0) is 30.8 Å². The molecule has 1 aliphatic heterocycles. The molecular formula is C22H30FN2+. The van der Waals surface area contributed by atoms with Gasteiger partial charge >= 0.3 is 0 Å². The normalized spacial score (nSPS) is 23.3. The zero-order chi connectivity index (χ0) is 18.0. The van der Waals surface area contributed by atoms with E-state index in [1.54, 1.807) is 6.07 Å². The molecule has 0 amide bonds. The molecule has 1 unspecified atom stereocenters. The highest BCUT2D eigenvalue weighted by molar-refractivity contribution is 5.76. The van der Waals surface area contributed by atoms with Crippen LogP contribution in [0.15, 0.2) is 18.3 Å². The van der Waals surface area contributed by atoms with Crippen LogP contribution < -0.4 is 4.68 Å². The maximum Gasteiger partial charge on any atom is 0.199 e. The SMILES string of the molecule is CCC1(C)c2c(F)ccc3c2-c2c(c[n+](C)n2C1(CC)CC)CCC3. The van der Waals surface area contributed by atoms with Crippen LogP contribution in [0.1, 0.15) is 70.1 Å². The van der Waals surface area contributed by atoms with Crippen molar-refractivity contribution >= 4 is 0 Å². The molecule has 1 aromatic carbocycles. The second kappa shape index (κ2) is 5.43. The third-order valence-electron chi connectivity index (χ3n) is 7.41. The summed E-state index contributed by atoms with van der Waals surface area (Å²) in [6.07, 6.45) is 8.51. The van der Waals surface area contributed by atoms with Gasteiger partial charge in [0.1, 0.15) is 17.1 Å². The molecular weight excluding hydrogens is 311 g/mol. The van der Waals surface area contributed by atoms with Crippen molar-refractivity contribution in [3.8, 4) is 11.3 Å². The maximum atomic E-state index is 15.3. The lowest BCUT2D eigenvalue weighted by atomic mass is 9.58. The summed E-state index contributed by atoms with van der Waals surface area (Å²) in [4.78, 5) is 0. The Morgan fingerprint density at radius 3 is 2.40 bits per heavy atom. The largest absolute Gasteiger partial charge is 0.207 e. The molecule has 25 heavy (non-hydrogen) atoms. The van der Waals surface area contributed by atoms with Crippen LogP contribution in [0.3, 0.4) is 0 Å². The van der Waals surface area contributed by atoms with Gasteiger partial charge in [0, 0.05) is 22.1 Å². The van der Waals surface area contributed by atoms with E-state index in [1.165, 1.54) is 22.4 Å². The molecule has 0 N–H and O–H groups in total. The smallest absolute Gasteiger partial charge is 0.199 e. The first-order valence-electron chi connectivity index (χ1n) is 9.88. The first-order valence-corrected chi connectivity index (χ1v) is 9.88. The third-order valence-corrected chi connectivity index (χ3v) is 7.41. The van der Waals surface area contributed by atoms with Crippen molar-refractivity contribution in [2.75, 3.05) is 0 Å². The Kier molecular flexibility index (Phi) is 3.65. The van der Waals surface area contributed by atoms with Gasteiger partial charge in [0.2, 0.25) is 0 Å². The minimum absolute atomic E-state index is 0.0164. The molecule has 4 rings (SSSR count). The quantitative estimate of drug-likeness (QED) is 0.709. The Hall–Kier alpha value is -1.64. The van der Waals surface area contributed by atoms with Gasteiger partial charge in [-0.25, -0.2) is 4.39 Å². The summed E-state index contributed by atoms with van der Waals surface area (Å²) in [5.41, 5.74) is 5.88. The van der Waals surface area contributed by atoms with E-state index in [4.69, 9.17) is 0 Å². The van der Waals surface area contributed by atoms with Gasteiger partial charge in [-0.1, -0.05) is 33.8 Å². The van der Waals surface area contributed by atoms with E-state index >= 15 is 4.39 Å². The molecule has 1 aliphatic carbocycles. The Balaban J connectivity index is 2.24. The molecule has 1 atom stereocenters. The van der Waals surface area contributed by atoms with Crippen LogP contribution in [0.2, 0.25) is 0 Å². The van der Waals surface area contributed by atoms with E-state index in [0.717, 1.165) is 44.1 Å². The fourth-order valence-electron chi connectivity index (χ4n) is 6.01. The van der Waals surface area contributed by atoms with Crippen molar-refractivity contribution in [2.24, 2.45) is 7.05 Å². The minimum atomic E-state index is -0.211. The van der Waals surface area contributed by atoms with Gasteiger partial charge in [-0.2, -0.15) is 0 Å². The number of halogens is 1. The molecule has 0 fully saturated rings. The van der Waals surface area contributed by atoms with Gasteiger partial charge in [-0.05, 0) is 50.2 Å². The van der Waals surface area contributed by atoms with Crippen molar-refractivity contribution < 1.29 is 9.07 Å². The molecule has 2 heterocycles. The lowest BCUT2D eigenvalue weighted by molar-refractivity contribution is -0.762. The summed E-state index contributed by atoms with van der Waals surface area (Å²) in [6, 6.07) is 3.75. The molecule has 3 heteroatoms. The van der Waals surface area contributed by atoms with E-state index in [1.807, 2.05) is 6.07 Å². The van der Waals surface area contributed by atoms with Crippen molar-refractivity contribution in [2.45, 2.75) is 77.2 Å². The summed E-state index contributed by atoms with van der Waals surface area (Å²) in [6.45, 7) is 9.07. The second-order valence-electron chi connectivity index (χ2n) is 8.12. The summed E-state index contributed by atoms with van der Waals surface area (Å²) < 4.78 is 20.1. The van der Waals surface area contributed by atoms with Crippen LogP contribution >= 0.6 is 0 Å². The second-order valence-corrected chi connectivity index (χ2v) is 8.12. The zero-order valence-corrected chi connectivity index (χ0v) is 16.2. The molecule has 134 valence electrons. The Morgan fingerprint density at radius 2 is 1.76 bits per heavy atom. The zero-order valence-electron chi connectivity index (χ0n) is 16.2. The summed E-state index contributed by atoms with van der Waals surface area (Å²) in [5.74, 6) is -0.0164. The number of rotatable bonds is 3. The molecule has 0 saturated carbocycles. The molecule has 2 aromatic rings. The number of nitrogens with zero attached hydrogens (tertiary/aromatic N) is 2. The maximum absolute atomic E-state index is 15.3. The summed E-state index contributed by atoms with van der Waals surface area (Å²) in [5, 5.41) is 0. The molecule has 0 saturated heterocycles. The Bertz CT molecular complexity index is 844. The van der Waals surface area contributed by atoms with Gasteiger partial charge in [0.15, 0.2) is 13.2 Å². The van der Waals surface area contributed by atoms with Crippen molar-refractivity contribution in [1.82, 2.24) is 4.68 Å². The summed E-state index contributed by atoms with van der Waals surface area (Å²) in [7, 11) is 2.16. The fourth-order valence-corrected chi connectivity index (χ4v) is 6.01. The van der Waals surface area contributed by atoms with Gasteiger partial charge in [-0.3, -0.25) is 0 Å². The van der Waals surface area contributed by atoms with E-state index < -0.39 is 0 Å². The van der Waals surface area contributed by atoms with E-state index in [0.29, 0.717) is 0 Å².